The Hall–Kier alpha value is -1.34. The van der Waals surface area contributed by atoms with Crippen molar-refractivity contribution in [3.63, 3.8) is 0 Å². The molecular weight excluding hydrogens is 391 g/mol. The quantitative estimate of drug-likeness (QED) is 0.387. The number of aromatic nitrogens is 1. The van der Waals surface area contributed by atoms with Crippen molar-refractivity contribution in [1.29, 1.82) is 0 Å². The van der Waals surface area contributed by atoms with Crippen LogP contribution >= 0.6 is 11.8 Å². The van der Waals surface area contributed by atoms with Crippen LogP contribution in [0.15, 0.2) is 17.2 Å². The van der Waals surface area contributed by atoms with E-state index in [9.17, 15) is 14.3 Å². The van der Waals surface area contributed by atoms with Gasteiger partial charge in [-0.15, -0.1) is 11.8 Å². The average molecular weight is 427 g/mol. The molecule has 29 heavy (non-hydrogen) atoms. The summed E-state index contributed by atoms with van der Waals surface area (Å²) < 4.78 is 20.2. The van der Waals surface area contributed by atoms with Gasteiger partial charge in [-0.1, -0.05) is 33.1 Å². The van der Waals surface area contributed by atoms with E-state index in [1.807, 2.05) is 4.90 Å². The molecule has 0 saturated carbocycles. The van der Waals surface area contributed by atoms with E-state index < -0.39 is 5.60 Å². The predicted octanol–water partition coefficient (Wildman–Crippen LogP) is 4.67. The number of esters is 1. The van der Waals surface area contributed by atoms with E-state index in [1.54, 1.807) is 26.1 Å². The molecule has 1 saturated heterocycles. The van der Waals surface area contributed by atoms with Crippen LogP contribution in [0.1, 0.15) is 59.8 Å². The number of rotatable bonds is 12. The Morgan fingerprint density at radius 2 is 2.17 bits per heavy atom. The van der Waals surface area contributed by atoms with Gasteiger partial charge in [0.15, 0.2) is 11.6 Å². The van der Waals surface area contributed by atoms with Gasteiger partial charge in [0, 0.05) is 35.9 Å². The maximum atomic E-state index is 14.8. The summed E-state index contributed by atoms with van der Waals surface area (Å²) in [5, 5.41) is 10.0. The third-order valence-electron chi connectivity index (χ3n) is 5.60. The SMILES string of the molecule is CCCCC(CC)COC(=O)CCSc1ccnc(N2CC(C(C)(C)O)C2)c1F. The number of unbranched alkanes of at least 4 members (excludes halogenated alkanes) is 1. The van der Waals surface area contributed by atoms with Gasteiger partial charge in [0.2, 0.25) is 0 Å². The summed E-state index contributed by atoms with van der Waals surface area (Å²) in [5.74, 6) is 0.746. The monoisotopic (exact) mass is 426 g/mol. The fourth-order valence-electron chi connectivity index (χ4n) is 3.27. The van der Waals surface area contributed by atoms with Gasteiger partial charge >= 0.3 is 5.97 Å². The fourth-order valence-corrected chi connectivity index (χ4v) is 4.13. The molecule has 0 bridgehead atoms. The number of carbonyl (C=O) groups is 1. The molecule has 5 nitrogen and oxygen atoms in total. The number of hydrogen-bond donors (Lipinski definition) is 1. The zero-order valence-electron chi connectivity index (χ0n) is 18.1. The van der Waals surface area contributed by atoms with E-state index in [2.05, 4.69) is 18.8 Å². The predicted molar refractivity (Wildman–Crippen MR) is 116 cm³/mol. The Morgan fingerprint density at radius 1 is 1.45 bits per heavy atom. The van der Waals surface area contributed by atoms with E-state index in [0.717, 1.165) is 25.7 Å². The van der Waals surface area contributed by atoms with Crippen LogP contribution in [0.2, 0.25) is 0 Å². The van der Waals surface area contributed by atoms with E-state index >= 15 is 0 Å². The van der Waals surface area contributed by atoms with Gasteiger partial charge < -0.3 is 14.7 Å². The topological polar surface area (TPSA) is 62.7 Å². The second-order valence-corrected chi connectivity index (χ2v) is 9.54. The van der Waals surface area contributed by atoms with Gasteiger partial charge in [-0.25, -0.2) is 9.37 Å². The molecular formula is C22H35FN2O3S. The van der Waals surface area contributed by atoms with E-state index in [-0.39, 0.29) is 24.1 Å². The molecule has 2 rings (SSSR count). The largest absolute Gasteiger partial charge is 0.465 e. The number of ether oxygens (including phenoxy) is 1. The molecule has 1 fully saturated rings. The van der Waals surface area contributed by atoms with Crippen molar-refractivity contribution in [2.24, 2.45) is 11.8 Å². The van der Waals surface area contributed by atoms with Crippen molar-refractivity contribution in [1.82, 2.24) is 4.98 Å². The third-order valence-corrected chi connectivity index (χ3v) is 6.64. The number of hydrogen-bond acceptors (Lipinski definition) is 6. The minimum atomic E-state index is -0.771. The number of carbonyl (C=O) groups excluding carboxylic acids is 1. The molecule has 0 radical (unpaired) electrons. The van der Waals surface area contributed by atoms with Gasteiger partial charge in [-0.3, -0.25) is 4.79 Å². The summed E-state index contributed by atoms with van der Waals surface area (Å²) in [7, 11) is 0. The molecule has 7 heteroatoms. The zero-order valence-corrected chi connectivity index (χ0v) is 18.9. The highest BCUT2D eigenvalue weighted by Gasteiger charge is 2.39. The summed E-state index contributed by atoms with van der Waals surface area (Å²) >= 11 is 1.31. The second-order valence-electron chi connectivity index (χ2n) is 8.40. The van der Waals surface area contributed by atoms with Gasteiger partial charge in [0.05, 0.1) is 18.6 Å². The minimum Gasteiger partial charge on any atom is -0.465 e. The van der Waals surface area contributed by atoms with Crippen molar-refractivity contribution >= 4 is 23.5 Å². The molecule has 1 aliphatic rings. The van der Waals surface area contributed by atoms with Crippen molar-refractivity contribution < 1.29 is 19.0 Å². The van der Waals surface area contributed by atoms with Crippen LogP contribution in [0.5, 0.6) is 0 Å². The summed E-state index contributed by atoms with van der Waals surface area (Å²) in [4.78, 5) is 18.5. The Kier molecular flexibility index (Phi) is 9.21. The van der Waals surface area contributed by atoms with Gasteiger partial charge in [-0.05, 0) is 32.3 Å². The number of nitrogens with zero attached hydrogens (tertiary/aromatic N) is 2. The number of anilines is 1. The third kappa shape index (κ3) is 7.14. The molecule has 0 aliphatic carbocycles. The van der Waals surface area contributed by atoms with Crippen LogP contribution in [-0.2, 0) is 9.53 Å². The van der Waals surface area contributed by atoms with Gasteiger partial charge in [0.25, 0.3) is 0 Å². The average Bonchev–Trinajstić information content (AvgIpc) is 2.62. The fraction of sp³-hybridized carbons (Fsp3) is 0.727. The first-order chi connectivity index (χ1) is 13.8. The van der Waals surface area contributed by atoms with Crippen LogP contribution in [0, 0.1) is 17.7 Å². The molecule has 1 aromatic rings. The van der Waals surface area contributed by atoms with Crippen LogP contribution in [0.3, 0.4) is 0 Å². The number of halogens is 1. The molecule has 164 valence electrons. The number of aliphatic hydroxyl groups is 1. The molecule has 0 amide bonds. The van der Waals surface area contributed by atoms with Crippen molar-refractivity contribution in [3.8, 4) is 0 Å². The highest BCUT2D eigenvalue weighted by atomic mass is 32.2. The van der Waals surface area contributed by atoms with Gasteiger partial charge in [0.1, 0.15) is 0 Å². The normalized spacial score (nSPS) is 15.9. The maximum absolute atomic E-state index is 14.8. The molecule has 1 atom stereocenters. The van der Waals surface area contributed by atoms with E-state index in [1.165, 1.54) is 11.8 Å². The number of pyridine rings is 1. The van der Waals surface area contributed by atoms with Crippen LogP contribution in [0.25, 0.3) is 0 Å². The molecule has 1 aliphatic heterocycles. The summed E-state index contributed by atoms with van der Waals surface area (Å²) in [6.45, 7) is 9.48. The van der Waals surface area contributed by atoms with Gasteiger partial charge in [-0.2, -0.15) is 0 Å². The van der Waals surface area contributed by atoms with Crippen molar-refractivity contribution in [2.45, 2.75) is 70.3 Å². The molecule has 1 unspecified atom stereocenters. The Labute approximate surface area is 178 Å². The van der Waals surface area contributed by atoms with Crippen molar-refractivity contribution in [2.75, 3.05) is 30.3 Å². The van der Waals surface area contributed by atoms with Crippen molar-refractivity contribution in [3.05, 3.63) is 18.1 Å². The maximum Gasteiger partial charge on any atom is 0.306 e. The lowest BCUT2D eigenvalue weighted by molar-refractivity contribution is -0.144. The Bertz CT molecular complexity index is 660. The van der Waals surface area contributed by atoms with Crippen LogP contribution < -0.4 is 4.90 Å². The highest BCUT2D eigenvalue weighted by molar-refractivity contribution is 7.99. The standard InChI is InChI=1S/C22H35FN2O3S/c1-5-7-8-16(6-2)15-28-19(26)10-12-29-18-9-11-24-21(20(18)23)25-13-17(14-25)22(3,4)27/h9,11,16-17,27H,5-8,10,12-15H2,1-4H3. The van der Waals surface area contributed by atoms with Crippen LogP contribution in [-0.4, -0.2) is 47.1 Å². The second kappa shape index (κ2) is 11.2. The van der Waals surface area contributed by atoms with E-state index in [0.29, 0.717) is 42.1 Å². The molecule has 1 N–H and O–H groups in total. The first kappa shape index (κ1) is 23.9. The smallest absolute Gasteiger partial charge is 0.306 e. The highest BCUT2D eigenvalue weighted by Crippen LogP contribution is 2.34. The first-order valence-corrected chi connectivity index (χ1v) is 11.6. The first-order valence-electron chi connectivity index (χ1n) is 10.7. The lowest BCUT2D eigenvalue weighted by atomic mass is 9.84. The zero-order chi connectivity index (χ0) is 21.4. The molecule has 1 aromatic heterocycles. The summed E-state index contributed by atoms with van der Waals surface area (Å²) in [5.41, 5.74) is -0.771. The number of thioether (sulfide) groups is 1. The molecule has 2 heterocycles. The molecule has 0 spiro atoms. The minimum absolute atomic E-state index is 0.110. The lowest BCUT2D eigenvalue weighted by Crippen LogP contribution is -2.56. The summed E-state index contributed by atoms with van der Waals surface area (Å²) in [6, 6.07) is 1.64. The Morgan fingerprint density at radius 3 is 2.79 bits per heavy atom. The van der Waals surface area contributed by atoms with Crippen LogP contribution in [0.4, 0.5) is 10.2 Å². The summed E-state index contributed by atoms with van der Waals surface area (Å²) in [6.07, 6.45) is 6.26. The lowest BCUT2D eigenvalue weighted by Gasteiger charge is -2.45. The Balaban J connectivity index is 1.77. The molecule has 0 aromatic carbocycles. The van der Waals surface area contributed by atoms with E-state index in [4.69, 9.17) is 4.74 Å².